The summed E-state index contributed by atoms with van der Waals surface area (Å²) in [5.74, 6) is 0.393. The van der Waals surface area contributed by atoms with Crippen LogP contribution in [0.3, 0.4) is 0 Å². The number of rotatable bonds is 4. The molecular weight excluding hydrogens is 324 g/mol. The third-order valence-corrected chi connectivity index (χ3v) is 6.54. The van der Waals surface area contributed by atoms with Gasteiger partial charge < -0.3 is 10.6 Å². The molecule has 6 heteroatoms. The summed E-state index contributed by atoms with van der Waals surface area (Å²) in [6.07, 6.45) is 1.12. The van der Waals surface area contributed by atoms with E-state index in [2.05, 4.69) is 10.6 Å². The first-order valence-corrected chi connectivity index (χ1v) is 9.48. The van der Waals surface area contributed by atoms with Gasteiger partial charge in [-0.15, -0.1) is 0 Å². The topological polar surface area (TPSA) is 75.3 Å². The van der Waals surface area contributed by atoms with Crippen molar-refractivity contribution in [3.8, 4) is 0 Å². The van der Waals surface area contributed by atoms with E-state index in [-0.39, 0.29) is 21.7 Å². The fraction of sp³-hybridized carbons (Fsp3) is 0.278. The summed E-state index contributed by atoms with van der Waals surface area (Å²) in [4.78, 5) is 12.7. The SMILES string of the molecule is O=C(NC1CNC2CC21)c1ccc(S(=O)(=O)c2ccccc2)cc1. The molecule has 124 valence electrons. The number of hydrogen-bond donors (Lipinski definition) is 2. The second-order valence-corrected chi connectivity index (χ2v) is 8.28. The molecule has 1 saturated heterocycles. The Morgan fingerprint density at radius 2 is 1.67 bits per heavy atom. The highest BCUT2D eigenvalue weighted by Crippen LogP contribution is 2.38. The highest BCUT2D eigenvalue weighted by atomic mass is 32.2. The van der Waals surface area contributed by atoms with E-state index < -0.39 is 9.84 Å². The van der Waals surface area contributed by atoms with E-state index >= 15 is 0 Å². The molecule has 3 unspecified atom stereocenters. The van der Waals surface area contributed by atoms with Crippen LogP contribution in [0.4, 0.5) is 0 Å². The third-order valence-electron chi connectivity index (χ3n) is 4.75. The molecule has 2 fully saturated rings. The molecule has 0 radical (unpaired) electrons. The predicted octanol–water partition coefficient (Wildman–Crippen LogP) is 1.61. The van der Waals surface area contributed by atoms with Gasteiger partial charge in [0.2, 0.25) is 9.84 Å². The lowest BCUT2D eigenvalue weighted by Gasteiger charge is -2.14. The normalized spacial score (nSPS) is 25.1. The number of sulfone groups is 1. The van der Waals surface area contributed by atoms with Gasteiger partial charge >= 0.3 is 0 Å². The molecule has 1 heterocycles. The molecule has 3 atom stereocenters. The lowest BCUT2D eigenvalue weighted by molar-refractivity contribution is 0.0935. The molecule has 24 heavy (non-hydrogen) atoms. The van der Waals surface area contributed by atoms with E-state index in [1.807, 2.05) is 0 Å². The molecule has 2 aromatic rings. The van der Waals surface area contributed by atoms with E-state index in [0.29, 0.717) is 17.5 Å². The van der Waals surface area contributed by atoms with Crippen molar-refractivity contribution in [3.63, 3.8) is 0 Å². The first-order valence-electron chi connectivity index (χ1n) is 8.00. The van der Waals surface area contributed by atoms with Crippen molar-refractivity contribution in [2.75, 3.05) is 6.54 Å². The van der Waals surface area contributed by atoms with Crippen LogP contribution in [0.1, 0.15) is 16.8 Å². The number of nitrogens with one attached hydrogen (secondary N) is 2. The molecule has 1 amide bonds. The zero-order chi connectivity index (χ0) is 16.7. The summed E-state index contributed by atoms with van der Waals surface area (Å²) in [5, 5.41) is 6.38. The standard InChI is InChI=1S/C18H18N2O3S/c21-18(20-17-11-19-16-10-15(16)17)12-6-8-14(9-7-12)24(22,23)13-4-2-1-3-5-13/h1-9,15-17,19H,10-11H2,(H,20,21). The summed E-state index contributed by atoms with van der Waals surface area (Å²) >= 11 is 0. The molecule has 0 aromatic heterocycles. The summed E-state index contributed by atoms with van der Waals surface area (Å²) in [6.45, 7) is 0.807. The van der Waals surface area contributed by atoms with Gasteiger partial charge in [-0.25, -0.2) is 8.42 Å². The van der Waals surface area contributed by atoms with Crippen LogP contribution in [0.2, 0.25) is 0 Å². The molecule has 1 aliphatic carbocycles. The molecule has 5 nitrogen and oxygen atoms in total. The largest absolute Gasteiger partial charge is 0.348 e. The summed E-state index contributed by atoms with van der Waals surface area (Å²) in [5.41, 5.74) is 0.478. The van der Waals surface area contributed by atoms with Crippen LogP contribution in [0.25, 0.3) is 0 Å². The van der Waals surface area contributed by atoms with Crippen molar-refractivity contribution in [2.45, 2.75) is 28.3 Å². The van der Waals surface area contributed by atoms with Crippen molar-refractivity contribution in [2.24, 2.45) is 5.92 Å². The number of benzene rings is 2. The van der Waals surface area contributed by atoms with Crippen LogP contribution >= 0.6 is 0 Å². The minimum absolute atomic E-state index is 0.155. The van der Waals surface area contributed by atoms with Gasteiger partial charge in [0.15, 0.2) is 0 Å². The predicted molar refractivity (Wildman–Crippen MR) is 89.5 cm³/mol. The number of hydrogen-bond acceptors (Lipinski definition) is 4. The number of carbonyl (C=O) groups excluding carboxylic acids is 1. The van der Waals surface area contributed by atoms with Gasteiger partial charge in [0.1, 0.15) is 0 Å². The lowest BCUT2D eigenvalue weighted by Crippen LogP contribution is -2.39. The Balaban J connectivity index is 1.51. The van der Waals surface area contributed by atoms with Gasteiger partial charge in [-0.3, -0.25) is 4.79 Å². The van der Waals surface area contributed by atoms with Crippen LogP contribution in [0.5, 0.6) is 0 Å². The number of amides is 1. The van der Waals surface area contributed by atoms with Crippen molar-refractivity contribution in [1.29, 1.82) is 0 Å². The van der Waals surface area contributed by atoms with Gasteiger partial charge in [0, 0.05) is 24.2 Å². The highest BCUT2D eigenvalue weighted by Gasteiger charge is 2.48. The molecule has 2 aliphatic rings. The molecular formula is C18H18N2O3S. The molecule has 2 aromatic carbocycles. The zero-order valence-corrected chi connectivity index (χ0v) is 13.8. The molecule has 0 spiro atoms. The Morgan fingerprint density at radius 1 is 1.00 bits per heavy atom. The maximum atomic E-state index is 12.5. The van der Waals surface area contributed by atoms with Gasteiger partial charge in [-0.1, -0.05) is 18.2 Å². The van der Waals surface area contributed by atoms with Crippen LogP contribution in [-0.2, 0) is 9.84 Å². The Hall–Kier alpha value is -2.18. The monoisotopic (exact) mass is 342 g/mol. The van der Waals surface area contributed by atoms with Crippen LogP contribution in [0, 0.1) is 5.92 Å². The zero-order valence-electron chi connectivity index (χ0n) is 13.0. The van der Waals surface area contributed by atoms with Crippen LogP contribution < -0.4 is 10.6 Å². The van der Waals surface area contributed by atoms with Gasteiger partial charge in [-0.2, -0.15) is 0 Å². The first kappa shape index (κ1) is 15.4. The van der Waals surface area contributed by atoms with Crippen molar-refractivity contribution in [1.82, 2.24) is 10.6 Å². The van der Waals surface area contributed by atoms with E-state index in [9.17, 15) is 13.2 Å². The smallest absolute Gasteiger partial charge is 0.251 e. The van der Waals surface area contributed by atoms with Crippen LogP contribution in [-0.4, -0.2) is 33.0 Å². The molecule has 2 N–H and O–H groups in total. The Bertz CT molecular complexity index is 863. The maximum absolute atomic E-state index is 12.5. The van der Waals surface area contributed by atoms with Gasteiger partial charge in [-0.05, 0) is 48.7 Å². The highest BCUT2D eigenvalue weighted by molar-refractivity contribution is 7.91. The van der Waals surface area contributed by atoms with E-state index in [1.54, 1.807) is 42.5 Å². The Kier molecular flexibility index (Phi) is 3.66. The minimum atomic E-state index is -3.55. The minimum Gasteiger partial charge on any atom is -0.348 e. The Labute approximate surface area is 141 Å². The number of fused-ring (bicyclic) bond motifs is 1. The first-order chi connectivity index (χ1) is 11.6. The Morgan fingerprint density at radius 3 is 2.25 bits per heavy atom. The summed E-state index contributed by atoms with van der Waals surface area (Å²) < 4.78 is 25.1. The number of piperidine rings is 1. The fourth-order valence-corrected chi connectivity index (χ4v) is 4.54. The quantitative estimate of drug-likeness (QED) is 0.885. The van der Waals surface area contributed by atoms with Crippen molar-refractivity contribution < 1.29 is 13.2 Å². The average molecular weight is 342 g/mol. The molecule has 0 bridgehead atoms. The maximum Gasteiger partial charge on any atom is 0.251 e. The second kappa shape index (κ2) is 5.72. The summed E-state index contributed by atoms with van der Waals surface area (Å²) in [7, 11) is -3.55. The third kappa shape index (κ3) is 2.72. The number of carbonyl (C=O) groups is 1. The van der Waals surface area contributed by atoms with Crippen molar-refractivity contribution >= 4 is 15.7 Å². The average Bonchev–Trinajstić information content (AvgIpc) is 3.30. The molecule has 1 saturated carbocycles. The lowest BCUT2D eigenvalue weighted by atomic mass is 10.1. The van der Waals surface area contributed by atoms with E-state index in [4.69, 9.17) is 0 Å². The fourth-order valence-electron chi connectivity index (χ4n) is 3.25. The van der Waals surface area contributed by atoms with Gasteiger partial charge in [0.05, 0.1) is 9.79 Å². The molecule has 1 aliphatic heterocycles. The van der Waals surface area contributed by atoms with E-state index in [1.165, 1.54) is 12.1 Å². The van der Waals surface area contributed by atoms with E-state index in [0.717, 1.165) is 13.0 Å². The van der Waals surface area contributed by atoms with Gasteiger partial charge in [0.25, 0.3) is 5.91 Å². The van der Waals surface area contributed by atoms with Crippen molar-refractivity contribution in [3.05, 3.63) is 60.2 Å². The van der Waals surface area contributed by atoms with Crippen LogP contribution in [0.15, 0.2) is 64.4 Å². The second-order valence-electron chi connectivity index (χ2n) is 6.34. The summed E-state index contributed by atoms with van der Waals surface area (Å²) in [6, 6.07) is 15.1. The molecule has 4 rings (SSSR count).